The Balaban J connectivity index is 2.66. The van der Waals surface area contributed by atoms with Gasteiger partial charge in [-0.05, 0) is 12.5 Å². The molecule has 1 aromatic carbocycles. The van der Waals surface area contributed by atoms with E-state index in [1.165, 1.54) is 6.07 Å². The summed E-state index contributed by atoms with van der Waals surface area (Å²) in [7, 11) is 1.64. The molecule has 1 aromatic rings. The first kappa shape index (κ1) is 13.6. The zero-order chi connectivity index (χ0) is 12.7. The monoisotopic (exact) mass is 236 g/mol. The van der Waals surface area contributed by atoms with Crippen LogP contribution in [0.15, 0.2) is 18.2 Å². The molecule has 92 valence electrons. The summed E-state index contributed by atoms with van der Waals surface area (Å²) >= 11 is 0. The maximum Gasteiger partial charge on any atom is 0.145 e. The van der Waals surface area contributed by atoms with E-state index >= 15 is 0 Å². The van der Waals surface area contributed by atoms with Crippen LogP contribution in [-0.2, 0) is 11.3 Å². The zero-order valence-electron chi connectivity index (χ0n) is 10.2. The molecule has 0 aliphatic carbocycles. The second kappa shape index (κ2) is 7.00. The van der Waals surface area contributed by atoms with Gasteiger partial charge in [0, 0.05) is 25.3 Å². The Bertz CT molecular complexity index is 401. The van der Waals surface area contributed by atoms with E-state index in [2.05, 4.69) is 5.32 Å². The molecule has 0 heterocycles. The van der Waals surface area contributed by atoms with Crippen molar-refractivity contribution in [3.05, 3.63) is 35.1 Å². The highest BCUT2D eigenvalue weighted by molar-refractivity contribution is 5.34. The predicted molar refractivity (Wildman–Crippen MR) is 63.9 cm³/mol. The molecule has 17 heavy (non-hydrogen) atoms. The topological polar surface area (TPSA) is 45.0 Å². The second-order valence-electron chi connectivity index (χ2n) is 3.83. The van der Waals surface area contributed by atoms with Crippen LogP contribution in [0.3, 0.4) is 0 Å². The molecule has 0 amide bonds. The lowest BCUT2D eigenvalue weighted by Crippen LogP contribution is -2.32. The average Bonchev–Trinajstić information content (AvgIpc) is 2.36. The fourth-order valence-electron chi connectivity index (χ4n) is 1.58. The Morgan fingerprint density at radius 2 is 2.29 bits per heavy atom. The average molecular weight is 236 g/mol. The van der Waals surface area contributed by atoms with Crippen LogP contribution < -0.4 is 5.32 Å². The Morgan fingerprint density at radius 3 is 2.88 bits per heavy atom. The number of halogens is 1. The summed E-state index contributed by atoms with van der Waals surface area (Å²) in [6.07, 6.45) is 0.910. The summed E-state index contributed by atoms with van der Waals surface area (Å²) in [5.74, 6) is -0.435. The van der Waals surface area contributed by atoms with Crippen molar-refractivity contribution >= 4 is 0 Å². The van der Waals surface area contributed by atoms with Crippen molar-refractivity contribution in [2.75, 3.05) is 13.7 Å². The van der Waals surface area contributed by atoms with Gasteiger partial charge < -0.3 is 10.1 Å². The standard InChI is InChI=1S/C13H17FN2O/c1-3-12(9-17-2)16-8-11-6-4-5-10(7-15)13(11)14/h4-6,12,16H,3,8-9H2,1-2H3. The van der Waals surface area contributed by atoms with Gasteiger partial charge in [-0.25, -0.2) is 4.39 Å². The first-order valence-electron chi connectivity index (χ1n) is 5.62. The normalized spacial score (nSPS) is 12.1. The molecule has 0 aromatic heterocycles. The molecule has 0 aliphatic heterocycles. The van der Waals surface area contributed by atoms with Crippen molar-refractivity contribution < 1.29 is 9.13 Å². The molecule has 1 rings (SSSR count). The minimum atomic E-state index is -0.435. The Labute approximate surface area is 101 Å². The van der Waals surface area contributed by atoms with Crippen molar-refractivity contribution in [3.8, 4) is 6.07 Å². The third kappa shape index (κ3) is 3.81. The molecule has 0 saturated carbocycles. The summed E-state index contributed by atoms with van der Waals surface area (Å²) in [6.45, 7) is 3.04. The van der Waals surface area contributed by atoms with Gasteiger partial charge in [-0.3, -0.25) is 0 Å². The van der Waals surface area contributed by atoms with E-state index in [1.807, 2.05) is 13.0 Å². The lowest BCUT2D eigenvalue weighted by molar-refractivity contribution is 0.163. The van der Waals surface area contributed by atoms with E-state index in [-0.39, 0.29) is 11.6 Å². The van der Waals surface area contributed by atoms with E-state index in [0.717, 1.165) is 6.42 Å². The van der Waals surface area contributed by atoms with Gasteiger partial charge in [0.15, 0.2) is 0 Å². The number of ether oxygens (including phenoxy) is 1. The molecular formula is C13H17FN2O. The van der Waals surface area contributed by atoms with E-state index in [4.69, 9.17) is 10.00 Å². The molecule has 1 N–H and O–H groups in total. The van der Waals surface area contributed by atoms with Crippen LogP contribution in [0, 0.1) is 17.1 Å². The number of rotatable bonds is 6. The Morgan fingerprint density at radius 1 is 1.53 bits per heavy atom. The highest BCUT2D eigenvalue weighted by atomic mass is 19.1. The van der Waals surface area contributed by atoms with Crippen LogP contribution in [0.4, 0.5) is 4.39 Å². The number of hydrogen-bond acceptors (Lipinski definition) is 3. The number of nitrogens with zero attached hydrogens (tertiary/aromatic N) is 1. The van der Waals surface area contributed by atoms with Gasteiger partial charge in [0.05, 0.1) is 12.2 Å². The quantitative estimate of drug-likeness (QED) is 0.823. The van der Waals surface area contributed by atoms with E-state index in [9.17, 15) is 4.39 Å². The summed E-state index contributed by atoms with van der Waals surface area (Å²) in [5.41, 5.74) is 0.600. The summed E-state index contributed by atoms with van der Waals surface area (Å²) in [6, 6.07) is 6.89. The van der Waals surface area contributed by atoms with Crippen molar-refractivity contribution in [1.29, 1.82) is 5.26 Å². The van der Waals surface area contributed by atoms with Gasteiger partial charge in [0.25, 0.3) is 0 Å². The van der Waals surface area contributed by atoms with Gasteiger partial charge in [-0.1, -0.05) is 19.1 Å². The van der Waals surface area contributed by atoms with Crippen molar-refractivity contribution in [2.45, 2.75) is 25.9 Å². The largest absolute Gasteiger partial charge is 0.383 e. The van der Waals surface area contributed by atoms with E-state index in [0.29, 0.717) is 18.7 Å². The first-order valence-corrected chi connectivity index (χ1v) is 5.62. The molecule has 0 spiro atoms. The number of methoxy groups -OCH3 is 1. The zero-order valence-corrected chi connectivity index (χ0v) is 10.2. The highest BCUT2D eigenvalue weighted by Crippen LogP contribution is 2.12. The molecule has 1 atom stereocenters. The molecular weight excluding hydrogens is 219 g/mol. The lowest BCUT2D eigenvalue weighted by Gasteiger charge is -2.16. The molecule has 0 fully saturated rings. The maximum absolute atomic E-state index is 13.7. The SMILES string of the molecule is CCC(COC)NCc1cccc(C#N)c1F. The van der Waals surface area contributed by atoms with Crippen molar-refractivity contribution in [1.82, 2.24) is 5.32 Å². The van der Waals surface area contributed by atoms with Crippen LogP contribution >= 0.6 is 0 Å². The lowest BCUT2D eigenvalue weighted by atomic mass is 10.1. The third-order valence-electron chi connectivity index (χ3n) is 2.64. The number of nitriles is 1. The molecule has 0 aliphatic rings. The summed E-state index contributed by atoms with van der Waals surface area (Å²) < 4.78 is 18.8. The minimum Gasteiger partial charge on any atom is -0.383 e. The minimum absolute atomic E-state index is 0.0871. The van der Waals surface area contributed by atoms with E-state index in [1.54, 1.807) is 19.2 Å². The molecule has 1 unspecified atom stereocenters. The molecule has 4 heteroatoms. The fourth-order valence-corrected chi connectivity index (χ4v) is 1.58. The fraction of sp³-hybridized carbons (Fsp3) is 0.462. The third-order valence-corrected chi connectivity index (χ3v) is 2.64. The van der Waals surface area contributed by atoms with Crippen LogP contribution in [0.5, 0.6) is 0 Å². The van der Waals surface area contributed by atoms with Gasteiger partial charge in [-0.2, -0.15) is 5.26 Å². The summed E-state index contributed by atoms with van der Waals surface area (Å²) in [4.78, 5) is 0. The number of hydrogen-bond donors (Lipinski definition) is 1. The van der Waals surface area contributed by atoms with Gasteiger partial charge in [0.1, 0.15) is 11.9 Å². The maximum atomic E-state index is 13.7. The highest BCUT2D eigenvalue weighted by Gasteiger charge is 2.09. The first-order chi connectivity index (χ1) is 8.22. The predicted octanol–water partition coefficient (Wildman–Crippen LogP) is 2.21. The second-order valence-corrected chi connectivity index (χ2v) is 3.83. The van der Waals surface area contributed by atoms with E-state index < -0.39 is 5.82 Å². The smallest absolute Gasteiger partial charge is 0.145 e. The molecule has 0 saturated heterocycles. The molecule has 0 bridgehead atoms. The van der Waals surface area contributed by atoms with Crippen molar-refractivity contribution in [2.24, 2.45) is 0 Å². The van der Waals surface area contributed by atoms with Crippen LogP contribution in [-0.4, -0.2) is 19.8 Å². The Hall–Kier alpha value is -1.44. The van der Waals surface area contributed by atoms with Crippen molar-refractivity contribution in [3.63, 3.8) is 0 Å². The molecule has 3 nitrogen and oxygen atoms in total. The van der Waals surface area contributed by atoms with Crippen LogP contribution in [0.1, 0.15) is 24.5 Å². The Kier molecular flexibility index (Phi) is 5.61. The summed E-state index contributed by atoms with van der Waals surface area (Å²) in [5, 5.41) is 11.9. The number of nitrogens with one attached hydrogen (secondary N) is 1. The van der Waals surface area contributed by atoms with Gasteiger partial charge >= 0.3 is 0 Å². The van der Waals surface area contributed by atoms with Gasteiger partial charge in [0.2, 0.25) is 0 Å². The van der Waals surface area contributed by atoms with Gasteiger partial charge in [-0.15, -0.1) is 0 Å². The molecule has 0 radical (unpaired) electrons. The van der Waals surface area contributed by atoms with Crippen LogP contribution in [0.25, 0.3) is 0 Å². The number of benzene rings is 1. The van der Waals surface area contributed by atoms with Crippen LogP contribution in [0.2, 0.25) is 0 Å².